The van der Waals surface area contributed by atoms with Gasteiger partial charge in [0.05, 0.1) is 11.4 Å². The Morgan fingerprint density at radius 1 is 0.700 bits per heavy atom. The van der Waals surface area contributed by atoms with Crippen LogP contribution in [-0.2, 0) is 0 Å². The largest absolute Gasteiger partial charge is 0.371 e. The van der Waals surface area contributed by atoms with Crippen molar-refractivity contribution in [2.75, 3.05) is 41.3 Å². The maximum Gasteiger partial charge on any atom is 0.0527 e. The van der Waals surface area contributed by atoms with Crippen LogP contribution in [0.2, 0.25) is 0 Å². The fourth-order valence-corrected chi connectivity index (χ4v) is 7.79. The second kappa shape index (κ2) is 5.51. The van der Waals surface area contributed by atoms with Gasteiger partial charge in [0.1, 0.15) is 0 Å². The van der Waals surface area contributed by atoms with Crippen LogP contribution in [0.15, 0.2) is 46.2 Å². The number of hydrogen-bond acceptors (Lipinski definition) is 4. The van der Waals surface area contributed by atoms with E-state index in [4.69, 9.17) is 0 Å². The van der Waals surface area contributed by atoms with E-state index >= 15 is 0 Å². The van der Waals surface area contributed by atoms with Crippen LogP contribution in [-0.4, -0.2) is 26.2 Å². The van der Waals surface area contributed by atoms with Crippen LogP contribution in [0.5, 0.6) is 0 Å². The first-order chi connectivity index (χ1) is 14.3. The zero-order valence-electron chi connectivity index (χ0n) is 18.4. The molecular weight excluding hydrogens is 386 g/mol. The lowest BCUT2D eigenvalue weighted by molar-refractivity contribution is 0.499. The Morgan fingerprint density at radius 2 is 1.10 bits per heavy atom. The van der Waals surface area contributed by atoms with Gasteiger partial charge < -0.3 is 15.1 Å². The summed E-state index contributed by atoms with van der Waals surface area (Å²) in [6.45, 7) is 14.6. The molecule has 0 radical (unpaired) electrons. The number of nitrogens with one attached hydrogen (secondary N) is 1. The molecular formula is C26H31N3S. The summed E-state index contributed by atoms with van der Waals surface area (Å²) in [5.74, 6) is 3.55. The summed E-state index contributed by atoms with van der Waals surface area (Å²) in [5, 5.41) is 3.68. The summed E-state index contributed by atoms with van der Waals surface area (Å²) in [5.41, 5.74) is 6.43. The Kier molecular flexibility index (Phi) is 3.27. The number of anilines is 4. The average molecular weight is 418 g/mol. The molecule has 2 aromatic rings. The average Bonchev–Trinajstić information content (AvgIpc) is 3.25. The highest BCUT2D eigenvalue weighted by molar-refractivity contribution is 7.99. The molecule has 3 nitrogen and oxygen atoms in total. The lowest BCUT2D eigenvalue weighted by Gasteiger charge is -2.28. The van der Waals surface area contributed by atoms with Gasteiger partial charge in [-0.2, -0.15) is 0 Å². The van der Waals surface area contributed by atoms with Crippen LogP contribution >= 0.6 is 11.8 Å². The number of fused-ring (bicyclic) bond motifs is 4. The summed E-state index contributed by atoms with van der Waals surface area (Å²) in [6, 6.07) is 14.0. The quantitative estimate of drug-likeness (QED) is 0.544. The molecule has 3 aliphatic heterocycles. The Labute approximate surface area is 184 Å². The molecule has 3 heterocycles. The van der Waals surface area contributed by atoms with Crippen molar-refractivity contribution < 1.29 is 0 Å². The molecule has 0 bridgehead atoms. The molecule has 1 N–H and O–H groups in total. The van der Waals surface area contributed by atoms with Gasteiger partial charge >= 0.3 is 0 Å². The van der Waals surface area contributed by atoms with Crippen molar-refractivity contribution >= 4 is 34.5 Å². The van der Waals surface area contributed by atoms with Crippen molar-refractivity contribution in [3.8, 4) is 0 Å². The van der Waals surface area contributed by atoms with Gasteiger partial charge in [-0.3, -0.25) is 0 Å². The van der Waals surface area contributed by atoms with Crippen LogP contribution in [0.3, 0.4) is 0 Å². The summed E-state index contributed by atoms with van der Waals surface area (Å²) in [4.78, 5) is 7.93. The summed E-state index contributed by atoms with van der Waals surface area (Å²) in [6.07, 6.45) is 0. The Hall–Kier alpha value is -1.81. The summed E-state index contributed by atoms with van der Waals surface area (Å²) in [7, 11) is 0. The first-order valence-corrected chi connectivity index (χ1v) is 12.4. The fourth-order valence-electron chi connectivity index (χ4n) is 6.74. The van der Waals surface area contributed by atoms with Crippen molar-refractivity contribution in [2.24, 2.45) is 34.5 Å². The second-order valence-electron chi connectivity index (χ2n) is 11.5. The Bertz CT molecular complexity index is 962. The van der Waals surface area contributed by atoms with Crippen molar-refractivity contribution in [1.82, 2.24) is 0 Å². The lowest BCUT2D eigenvalue weighted by atomic mass is 10.1. The van der Waals surface area contributed by atoms with Crippen molar-refractivity contribution in [1.29, 1.82) is 0 Å². The number of piperidine rings is 2. The predicted octanol–water partition coefficient (Wildman–Crippen LogP) is 6.08. The van der Waals surface area contributed by atoms with E-state index in [-0.39, 0.29) is 0 Å². The van der Waals surface area contributed by atoms with E-state index in [1.54, 1.807) is 0 Å². The molecule has 2 aromatic carbocycles. The number of nitrogens with zero attached hydrogens (tertiary/aromatic N) is 2. The molecule has 4 unspecified atom stereocenters. The molecule has 7 rings (SSSR count). The minimum absolute atomic E-state index is 0.571. The van der Waals surface area contributed by atoms with Crippen molar-refractivity contribution in [2.45, 2.75) is 37.5 Å². The molecule has 4 heteroatoms. The molecule has 156 valence electrons. The normalized spacial score (nSPS) is 33.3. The molecule has 0 spiro atoms. The fraction of sp³-hybridized carbons (Fsp3) is 0.538. The highest BCUT2D eigenvalue weighted by Crippen LogP contribution is 2.63. The highest BCUT2D eigenvalue weighted by atomic mass is 32.2. The van der Waals surface area contributed by atoms with E-state index in [0.717, 1.165) is 23.7 Å². The minimum atomic E-state index is 0.571. The van der Waals surface area contributed by atoms with Crippen molar-refractivity contribution in [3.05, 3.63) is 36.4 Å². The molecule has 2 aliphatic carbocycles. The smallest absolute Gasteiger partial charge is 0.0527 e. The van der Waals surface area contributed by atoms with Gasteiger partial charge in [-0.15, -0.1) is 0 Å². The van der Waals surface area contributed by atoms with Gasteiger partial charge in [-0.05, 0) is 70.9 Å². The third kappa shape index (κ3) is 2.34. The highest BCUT2D eigenvalue weighted by Gasteiger charge is 2.62. The molecule has 2 saturated heterocycles. The topological polar surface area (TPSA) is 18.5 Å². The predicted molar refractivity (Wildman–Crippen MR) is 126 cm³/mol. The van der Waals surface area contributed by atoms with E-state index in [2.05, 4.69) is 79.2 Å². The van der Waals surface area contributed by atoms with Crippen LogP contribution in [0, 0.1) is 34.5 Å². The standard InChI is InChI=1S/C26H31N3S/c1-25(2)17-11-28(12-18(17)25)15-5-7-21-23(9-15)30-24-10-16(6-8-22(24)27-21)29-13-19-20(14-29)26(19,3)4/h5-10,17-20,27H,11-14H2,1-4H3. The Balaban J connectivity index is 1.12. The summed E-state index contributed by atoms with van der Waals surface area (Å²) >= 11 is 1.94. The molecule has 0 aromatic heterocycles. The Morgan fingerprint density at radius 3 is 1.50 bits per heavy atom. The number of rotatable bonds is 2. The molecule has 4 fully saturated rings. The van der Waals surface area contributed by atoms with Crippen LogP contribution < -0.4 is 15.1 Å². The van der Waals surface area contributed by atoms with Gasteiger partial charge in [0.2, 0.25) is 0 Å². The minimum Gasteiger partial charge on any atom is -0.371 e. The lowest BCUT2D eigenvalue weighted by Crippen LogP contribution is -2.26. The first kappa shape index (κ1) is 17.8. The third-order valence-corrected chi connectivity index (χ3v) is 10.5. The summed E-state index contributed by atoms with van der Waals surface area (Å²) < 4.78 is 0. The van der Waals surface area contributed by atoms with E-state index < -0.39 is 0 Å². The van der Waals surface area contributed by atoms with Gasteiger partial charge in [0.15, 0.2) is 0 Å². The monoisotopic (exact) mass is 417 g/mol. The van der Waals surface area contributed by atoms with E-state index in [0.29, 0.717) is 10.8 Å². The van der Waals surface area contributed by atoms with E-state index in [1.807, 2.05) is 11.8 Å². The van der Waals surface area contributed by atoms with Crippen LogP contribution in [0.1, 0.15) is 27.7 Å². The second-order valence-corrected chi connectivity index (χ2v) is 12.6. The van der Waals surface area contributed by atoms with E-state index in [9.17, 15) is 0 Å². The molecule has 0 amide bonds. The van der Waals surface area contributed by atoms with Crippen LogP contribution in [0.4, 0.5) is 22.7 Å². The molecule has 4 atom stereocenters. The first-order valence-electron chi connectivity index (χ1n) is 11.6. The number of benzene rings is 2. The van der Waals surface area contributed by atoms with Crippen LogP contribution in [0.25, 0.3) is 0 Å². The SMILES string of the molecule is CC1(C)C2CN(c3ccc4c(c3)Sc3cc(N5CC6C(C5)C6(C)C)ccc3N4)CC21. The molecule has 5 aliphatic rings. The number of hydrogen-bond donors (Lipinski definition) is 1. The molecule has 2 saturated carbocycles. The molecule has 30 heavy (non-hydrogen) atoms. The third-order valence-electron chi connectivity index (χ3n) is 9.39. The van der Waals surface area contributed by atoms with Gasteiger partial charge in [0, 0.05) is 47.3 Å². The van der Waals surface area contributed by atoms with Gasteiger partial charge in [-0.25, -0.2) is 0 Å². The van der Waals surface area contributed by atoms with Gasteiger partial charge in [-0.1, -0.05) is 39.5 Å². The van der Waals surface area contributed by atoms with Crippen molar-refractivity contribution in [3.63, 3.8) is 0 Å². The van der Waals surface area contributed by atoms with Gasteiger partial charge in [0.25, 0.3) is 0 Å². The maximum absolute atomic E-state index is 3.68. The maximum atomic E-state index is 3.68. The zero-order valence-corrected chi connectivity index (χ0v) is 19.2. The zero-order chi connectivity index (χ0) is 20.4. The van der Waals surface area contributed by atoms with E-state index in [1.165, 1.54) is 58.7 Å².